The van der Waals surface area contributed by atoms with Crippen molar-refractivity contribution >= 4 is 23.4 Å². The number of aromatic carboxylic acids is 1. The van der Waals surface area contributed by atoms with Crippen LogP contribution in [0.5, 0.6) is 0 Å². The van der Waals surface area contributed by atoms with Crippen molar-refractivity contribution < 1.29 is 14.7 Å². The Kier molecular flexibility index (Phi) is 4.68. The third-order valence-electron chi connectivity index (χ3n) is 2.33. The quantitative estimate of drug-likeness (QED) is 0.708. The largest absolute Gasteiger partial charge is 0.478 e. The van der Waals surface area contributed by atoms with E-state index in [2.05, 4.69) is 10.3 Å². The summed E-state index contributed by atoms with van der Waals surface area (Å²) in [5.41, 5.74) is 5.97. The van der Waals surface area contributed by atoms with Crippen LogP contribution >= 0.6 is 0 Å². The van der Waals surface area contributed by atoms with E-state index in [-0.39, 0.29) is 29.7 Å². The molecule has 7 heteroatoms. The van der Waals surface area contributed by atoms with Crippen molar-refractivity contribution in [2.75, 3.05) is 24.2 Å². The van der Waals surface area contributed by atoms with Gasteiger partial charge >= 0.3 is 5.97 Å². The molecule has 0 radical (unpaired) electrons. The van der Waals surface area contributed by atoms with Crippen LogP contribution in [0.2, 0.25) is 0 Å². The number of carboxylic acid groups (broad SMARTS) is 1. The van der Waals surface area contributed by atoms with Gasteiger partial charge in [0, 0.05) is 19.3 Å². The molecule has 0 saturated heterocycles. The molecule has 7 nitrogen and oxygen atoms in total. The number of likely N-dealkylation sites (N-methyl/N-ethyl adjacent to an activating group) is 1. The van der Waals surface area contributed by atoms with Crippen molar-refractivity contribution in [2.24, 2.45) is 0 Å². The van der Waals surface area contributed by atoms with E-state index < -0.39 is 5.97 Å². The maximum Gasteiger partial charge on any atom is 0.337 e. The Balaban J connectivity index is 2.80. The first-order valence-electron chi connectivity index (χ1n) is 5.80. The zero-order chi connectivity index (χ0) is 14.6. The molecule has 1 amide bonds. The van der Waals surface area contributed by atoms with E-state index in [4.69, 9.17) is 10.8 Å². The number of nitrogens with zero attached hydrogens (tertiary/aromatic N) is 2. The monoisotopic (exact) mass is 266 g/mol. The predicted molar refractivity (Wildman–Crippen MR) is 72.2 cm³/mol. The smallest absolute Gasteiger partial charge is 0.337 e. The van der Waals surface area contributed by atoms with Crippen molar-refractivity contribution in [1.82, 2.24) is 10.3 Å². The van der Waals surface area contributed by atoms with E-state index in [1.165, 1.54) is 12.3 Å². The van der Waals surface area contributed by atoms with Gasteiger partial charge in [-0.3, -0.25) is 4.79 Å². The third kappa shape index (κ3) is 4.13. The summed E-state index contributed by atoms with van der Waals surface area (Å²) >= 11 is 0. The van der Waals surface area contributed by atoms with Crippen LogP contribution in [0, 0.1) is 0 Å². The summed E-state index contributed by atoms with van der Waals surface area (Å²) in [4.78, 5) is 27.9. The minimum absolute atomic E-state index is 0.0151. The molecule has 1 aromatic heterocycles. The van der Waals surface area contributed by atoms with E-state index in [1.54, 1.807) is 11.9 Å². The maximum absolute atomic E-state index is 11.6. The molecular weight excluding hydrogens is 248 g/mol. The van der Waals surface area contributed by atoms with E-state index >= 15 is 0 Å². The lowest BCUT2D eigenvalue weighted by atomic mass is 10.2. The van der Waals surface area contributed by atoms with Crippen LogP contribution in [0.25, 0.3) is 0 Å². The number of amides is 1. The maximum atomic E-state index is 11.6. The average molecular weight is 266 g/mol. The first-order chi connectivity index (χ1) is 8.81. The molecule has 4 N–H and O–H groups in total. The van der Waals surface area contributed by atoms with Gasteiger partial charge in [0.25, 0.3) is 0 Å². The van der Waals surface area contributed by atoms with E-state index in [1.807, 2.05) is 13.8 Å². The Labute approximate surface area is 111 Å². The molecule has 0 atom stereocenters. The molecule has 0 unspecified atom stereocenters. The lowest BCUT2D eigenvalue weighted by Crippen LogP contribution is -2.39. The van der Waals surface area contributed by atoms with Gasteiger partial charge in [0.1, 0.15) is 0 Å². The van der Waals surface area contributed by atoms with Gasteiger partial charge in [-0.2, -0.15) is 0 Å². The molecule has 0 aliphatic heterocycles. The van der Waals surface area contributed by atoms with Gasteiger partial charge in [0.15, 0.2) is 5.82 Å². The molecule has 0 spiro atoms. The van der Waals surface area contributed by atoms with Gasteiger partial charge in [-0.05, 0) is 19.9 Å². The molecule has 0 saturated carbocycles. The number of aromatic nitrogens is 1. The molecule has 104 valence electrons. The Bertz CT molecular complexity index is 488. The van der Waals surface area contributed by atoms with Crippen LogP contribution < -0.4 is 16.0 Å². The Hall–Kier alpha value is -2.31. The molecule has 0 aliphatic rings. The lowest BCUT2D eigenvalue weighted by Gasteiger charge is -2.20. The lowest BCUT2D eigenvalue weighted by molar-refractivity contribution is -0.120. The number of nitrogens with two attached hydrogens (primary N) is 1. The molecule has 1 aromatic rings. The van der Waals surface area contributed by atoms with Crippen LogP contribution in [0.4, 0.5) is 11.5 Å². The Morgan fingerprint density at radius 2 is 2.16 bits per heavy atom. The summed E-state index contributed by atoms with van der Waals surface area (Å²) in [6.07, 6.45) is 1.21. The number of anilines is 2. The van der Waals surface area contributed by atoms with Crippen LogP contribution in [-0.4, -0.2) is 41.6 Å². The van der Waals surface area contributed by atoms with E-state index in [0.717, 1.165) is 0 Å². The van der Waals surface area contributed by atoms with Crippen molar-refractivity contribution in [2.45, 2.75) is 19.9 Å². The summed E-state index contributed by atoms with van der Waals surface area (Å²) in [6.45, 7) is 3.83. The summed E-state index contributed by atoms with van der Waals surface area (Å²) in [6, 6.07) is 1.38. The van der Waals surface area contributed by atoms with E-state index in [0.29, 0.717) is 5.82 Å². The predicted octanol–water partition coefficient (Wildman–Crippen LogP) is 0.323. The molecule has 1 rings (SSSR count). The number of hydrogen-bond donors (Lipinski definition) is 3. The fourth-order valence-corrected chi connectivity index (χ4v) is 1.57. The van der Waals surface area contributed by atoms with Crippen LogP contribution in [0.3, 0.4) is 0 Å². The molecule has 0 fully saturated rings. The number of nitrogen functional groups attached to an aromatic ring is 1. The van der Waals surface area contributed by atoms with Gasteiger partial charge in [0.2, 0.25) is 5.91 Å². The van der Waals surface area contributed by atoms with E-state index in [9.17, 15) is 9.59 Å². The topological polar surface area (TPSA) is 109 Å². The van der Waals surface area contributed by atoms with Gasteiger partial charge < -0.3 is 21.1 Å². The summed E-state index contributed by atoms with van der Waals surface area (Å²) < 4.78 is 0. The van der Waals surface area contributed by atoms with Gasteiger partial charge in [-0.15, -0.1) is 0 Å². The third-order valence-corrected chi connectivity index (χ3v) is 2.33. The molecule has 0 aromatic carbocycles. The van der Waals surface area contributed by atoms with Crippen molar-refractivity contribution in [3.05, 3.63) is 17.8 Å². The standard InChI is InChI=1S/C12H18N4O3/c1-7(2)15-10(17)6-16(3)11-9(13)4-8(5-14-11)12(18)19/h4-5,7H,6,13H2,1-3H3,(H,15,17)(H,18,19). The van der Waals surface area contributed by atoms with Crippen LogP contribution in [0.15, 0.2) is 12.3 Å². The second-order valence-electron chi connectivity index (χ2n) is 4.52. The molecule has 1 heterocycles. The second-order valence-corrected chi connectivity index (χ2v) is 4.52. The zero-order valence-corrected chi connectivity index (χ0v) is 11.2. The van der Waals surface area contributed by atoms with Gasteiger partial charge in [-0.1, -0.05) is 0 Å². The Morgan fingerprint density at radius 1 is 1.53 bits per heavy atom. The van der Waals surface area contributed by atoms with Crippen molar-refractivity contribution in [3.8, 4) is 0 Å². The number of carbonyl (C=O) groups is 2. The number of carboxylic acids is 1. The summed E-state index contributed by atoms with van der Waals surface area (Å²) in [7, 11) is 1.67. The highest BCUT2D eigenvalue weighted by molar-refractivity contribution is 5.89. The van der Waals surface area contributed by atoms with Crippen LogP contribution in [0.1, 0.15) is 24.2 Å². The highest BCUT2D eigenvalue weighted by atomic mass is 16.4. The second kappa shape index (κ2) is 6.03. The van der Waals surface area contributed by atoms with Gasteiger partial charge in [-0.25, -0.2) is 9.78 Å². The molecule has 19 heavy (non-hydrogen) atoms. The number of hydrogen-bond acceptors (Lipinski definition) is 5. The summed E-state index contributed by atoms with van der Waals surface area (Å²) in [5, 5.41) is 11.6. The first kappa shape index (κ1) is 14.7. The minimum Gasteiger partial charge on any atom is -0.478 e. The SMILES string of the molecule is CC(C)NC(=O)CN(C)c1ncc(C(=O)O)cc1N. The number of pyridine rings is 1. The summed E-state index contributed by atoms with van der Waals surface area (Å²) in [5.74, 6) is -0.865. The first-order valence-corrected chi connectivity index (χ1v) is 5.80. The van der Waals surface area contributed by atoms with Crippen molar-refractivity contribution in [1.29, 1.82) is 0 Å². The fraction of sp³-hybridized carbons (Fsp3) is 0.417. The van der Waals surface area contributed by atoms with Crippen molar-refractivity contribution in [3.63, 3.8) is 0 Å². The minimum atomic E-state index is -1.09. The fourth-order valence-electron chi connectivity index (χ4n) is 1.57. The highest BCUT2D eigenvalue weighted by Gasteiger charge is 2.14. The Morgan fingerprint density at radius 3 is 2.63 bits per heavy atom. The van der Waals surface area contributed by atoms with Gasteiger partial charge in [0.05, 0.1) is 17.8 Å². The number of carbonyl (C=O) groups excluding carboxylic acids is 1. The number of rotatable bonds is 5. The average Bonchev–Trinajstić information content (AvgIpc) is 2.26. The highest BCUT2D eigenvalue weighted by Crippen LogP contribution is 2.19. The zero-order valence-electron chi connectivity index (χ0n) is 11.2. The molecule has 0 bridgehead atoms. The normalized spacial score (nSPS) is 10.3. The number of nitrogens with one attached hydrogen (secondary N) is 1. The molecular formula is C12H18N4O3. The van der Waals surface area contributed by atoms with Crippen LogP contribution in [-0.2, 0) is 4.79 Å². The molecule has 0 aliphatic carbocycles.